The Morgan fingerprint density at radius 2 is 1.97 bits per heavy atom. The lowest BCUT2D eigenvalue weighted by atomic mass is 10.1. The maximum atomic E-state index is 12.7. The van der Waals surface area contributed by atoms with Crippen molar-refractivity contribution in [2.45, 2.75) is 25.4 Å². The van der Waals surface area contributed by atoms with Gasteiger partial charge < -0.3 is 26.0 Å². The summed E-state index contributed by atoms with van der Waals surface area (Å²) in [5, 5.41) is 15.5. The van der Waals surface area contributed by atoms with Crippen molar-refractivity contribution in [2.75, 3.05) is 12.8 Å². The van der Waals surface area contributed by atoms with Crippen LogP contribution < -0.4 is 21.9 Å². The summed E-state index contributed by atoms with van der Waals surface area (Å²) in [5.41, 5.74) is 7.85. The number of hydrogen-bond acceptors (Lipinski definition) is 6. The number of carboxylic acid groups (broad SMARTS) is 1. The lowest BCUT2D eigenvalue weighted by Crippen LogP contribution is -2.41. The van der Waals surface area contributed by atoms with Gasteiger partial charge in [-0.25, -0.2) is 9.78 Å². The van der Waals surface area contributed by atoms with E-state index in [1.54, 1.807) is 30.3 Å². The quantitative estimate of drug-likeness (QED) is 0.254. The normalized spacial score (nSPS) is 11.9. The average molecular weight is 476 g/mol. The molecule has 0 aliphatic heterocycles. The van der Waals surface area contributed by atoms with Crippen molar-refractivity contribution in [3.63, 3.8) is 0 Å². The van der Waals surface area contributed by atoms with Gasteiger partial charge in [0.1, 0.15) is 6.04 Å². The summed E-state index contributed by atoms with van der Waals surface area (Å²) in [6.07, 6.45) is 1.83. The summed E-state index contributed by atoms with van der Waals surface area (Å²) in [4.78, 5) is 54.4. The Bertz CT molecular complexity index is 1510. The Morgan fingerprint density at radius 3 is 2.71 bits per heavy atom. The largest absolute Gasteiger partial charge is 0.480 e. The molecule has 0 saturated carbocycles. The highest BCUT2D eigenvalue weighted by molar-refractivity contribution is 6.00. The van der Waals surface area contributed by atoms with Crippen molar-refractivity contribution in [3.8, 4) is 0 Å². The zero-order chi connectivity index (χ0) is 25.1. The third-order valence-corrected chi connectivity index (χ3v) is 5.72. The first-order chi connectivity index (χ1) is 16.7. The highest BCUT2D eigenvalue weighted by Gasteiger charge is 2.22. The van der Waals surface area contributed by atoms with E-state index in [2.05, 4.69) is 20.6 Å². The Kier molecular flexibility index (Phi) is 6.49. The molecule has 0 aliphatic rings. The minimum atomic E-state index is -1.21. The molecule has 2 amide bonds. The molecule has 2 aromatic heterocycles. The molecule has 180 valence electrons. The molecule has 1 atom stereocenters. The van der Waals surface area contributed by atoms with Gasteiger partial charge in [0.15, 0.2) is 0 Å². The number of anilines is 1. The lowest BCUT2D eigenvalue weighted by molar-refractivity contribution is -0.139. The molecule has 0 saturated heterocycles. The second-order valence-electron chi connectivity index (χ2n) is 8.10. The fourth-order valence-corrected chi connectivity index (χ4v) is 3.88. The Balaban J connectivity index is 1.52. The Hall–Kier alpha value is -4.67. The molecular weight excluding hydrogens is 452 g/mol. The number of benzene rings is 2. The van der Waals surface area contributed by atoms with Crippen molar-refractivity contribution < 1.29 is 19.5 Å². The van der Waals surface area contributed by atoms with Crippen LogP contribution in [0, 0.1) is 0 Å². The van der Waals surface area contributed by atoms with Crippen LogP contribution in [0.1, 0.15) is 28.8 Å². The zero-order valence-electron chi connectivity index (χ0n) is 18.9. The van der Waals surface area contributed by atoms with Crippen molar-refractivity contribution in [1.29, 1.82) is 0 Å². The summed E-state index contributed by atoms with van der Waals surface area (Å²) in [6.45, 7) is 0.482. The smallest absolute Gasteiger partial charge is 0.326 e. The van der Waals surface area contributed by atoms with E-state index in [0.29, 0.717) is 23.0 Å². The van der Waals surface area contributed by atoms with Gasteiger partial charge in [-0.1, -0.05) is 6.07 Å². The number of nitrogens with two attached hydrogens (primary N) is 1. The van der Waals surface area contributed by atoms with Crippen LogP contribution in [0.3, 0.4) is 0 Å². The molecule has 0 radical (unpaired) electrons. The second-order valence-corrected chi connectivity index (χ2v) is 8.10. The Morgan fingerprint density at radius 1 is 1.17 bits per heavy atom. The van der Waals surface area contributed by atoms with Crippen LogP contribution >= 0.6 is 0 Å². The molecule has 11 heteroatoms. The molecule has 0 bridgehead atoms. The first-order valence-corrected chi connectivity index (χ1v) is 10.9. The fourth-order valence-electron chi connectivity index (χ4n) is 3.88. The van der Waals surface area contributed by atoms with E-state index in [0.717, 1.165) is 16.5 Å². The van der Waals surface area contributed by atoms with Crippen molar-refractivity contribution in [2.24, 2.45) is 0 Å². The molecule has 0 aliphatic carbocycles. The van der Waals surface area contributed by atoms with E-state index >= 15 is 0 Å². The third kappa shape index (κ3) is 5.13. The number of aromatic amines is 1. The molecule has 11 nitrogen and oxygen atoms in total. The van der Waals surface area contributed by atoms with Gasteiger partial charge in [-0.05, 0) is 48.4 Å². The van der Waals surface area contributed by atoms with E-state index in [9.17, 15) is 24.3 Å². The summed E-state index contributed by atoms with van der Waals surface area (Å²) in [6, 6.07) is 11.1. The van der Waals surface area contributed by atoms with Crippen molar-refractivity contribution >= 4 is 45.5 Å². The van der Waals surface area contributed by atoms with Gasteiger partial charge >= 0.3 is 5.97 Å². The number of carboxylic acids is 1. The average Bonchev–Trinajstić information content (AvgIpc) is 3.23. The summed E-state index contributed by atoms with van der Waals surface area (Å²) in [5.74, 6) is -1.98. The maximum Gasteiger partial charge on any atom is 0.326 e. The number of rotatable bonds is 8. The monoisotopic (exact) mass is 476 g/mol. The second kappa shape index (κ2) is 9.67. The van der Waals surface area contributed by atoms with Crippen molar-refractivity contribution in [3.05, 3.63) is 70.1 Å². The number of nitrogens with zero attached hydrogens (tertiary/aromatic N) is 2. The van der Waals surface area contributed by atoms with E-state index in [-0.39, 0.29) is 30.3 Å². The first-order valence-electron chi connectivity index (χ1n) is 10.9. The number of carbonyl (C=O) groups excluding carboxylic acids is 2. The molecule has 2 aromatic carbocycles. The number of aliphatic carboxylic acids is 1. The van der Waals surface area contributed by atoms with Gasteiger partial charge in [-0.15, -0.1) is 0 Å². The molecule has 6 N–H and O–H groups in total. The van der Waals surface area contributed by atoms with Crippen LogP contribution in [0.25, 0.3) is 21.8 Å². The number of aromatic nitrogens is 3. The highest BCUT2D eigenvalue weighted by atomic mass is 16.4. The van der Waals surface area contributed by atoms with Gasteiger partial charge in [-0.3, -0.25) is 19.4 Å². The fraction of sp³-hybridized carbons (Fsp3) is 0.208. The molecule has 4 rings (SSSR count). The highest BCUT2D eigenvalue weighted by Crippen LogP contribution is 2.20. The molecule has 0 spiro atoms. The van der Waals surface area contributed by atoms with Gasteiger partial charge in [0.25, 0.3) is 11.5 Å². The number of H-pyrrole nitrogens is 1. The predicted octanol–water partition coefficient (Wildman–Crippen LogP) is 1.22. The van der Waals surface area contributed by atoms with Crippen molar-refractivity contribution in [1.82, 2.24) is 25.2 Å². The van der Waals surface area contributed by atoms with Gasteiger partial charge in [0.05, 0.1) is 10.9 Å². The molecule has 4 aromatic rings. The van der Waals surface area contributed by atoms with Crippen LogP contribution in [-0.2, 0) is 16.1 Å². The molecule has 0 fully saturated rings. The number of amides is 2. The van der Waals surface area contributed by atoms with E-state index in [1.165, 1.54) is 7.05 Å². The molecule has 35 heavy (non-hydrogen) atoms. The molecule has 0 unspecified atom stereocenters. The SMILES string of the molecule is CNC(=O)CC[C@H](NC(=O)c1ccc2c(ccn2Cc2ccc3nc(N)[nH]c(=O)c3c2)c1)C(=O)O. The number of nitrogen functional groups attached to an aromatic ring is 1. The van der Waals surface area contributed by atoms with Gasteiger partial charge in [-0.2, -0.15) is 0 Å². The summed E-state index contributed by atoms with van der Waals surface area (Å²) < 4.78 is 1.97. The summed E-state index contributed by atoms with van der Waals surface area (Å²) >= 11 is 0. The van der Waals surface area contributed by atoms with Gasteiger partial charge in [0.2, 0.25) is 11.9 Å². The predicted molar refractivity (Wildman–Crippen MR) is 130 cm³/mol. The van der Waals surface area contributed by atoms with Crippen LogP contribution in [0.5, 0.6) is 0 Å². The van der Waals surface area contributed by atoms with Gasteiger partial charge in [0, 0.05) is 42.7 Å². The molecule has 2 heterocycles. The van der Waals surface area contributed by atoms with Crippen LogP contribution in [-0.4, -0.2) is 50.5 Å². The number of nitrogens with one attached hydrogen (secondary N) is 3. The maximum absolute atomic E-state index is 12.7. The topological polar surface area (TPSA) is 172 Å². The van der Waals surface area contributed by atoms with E-state index < -0.39 is 17.9 Å². The number of hydrogen-bond donors (Lipinski definition) is 5. The minimum Gasteiger partial charge on any atom is -0.480 e. The minimum absolute atomic E-state index is 0.0142. The van der Waals surface area contributed by atoms with Crippen LogP contribution in [0.4, 0.5) is 5.95 Å². The zero-order valence-corrected chi connectivity index (χ0v) is 18.9. The van der Waals surface area contributed by atoms with Crippen LogP contribution in [0.15, 0.2) is 53.5 Å². The van der Waals surface area contributed by atoms with E-state index in [4.69, 9.17) is 5.73 Å². The summed E-state index contributed by atoms with van der Waals surface area (Å²) in [7, 11) is 1.46. The van der Waals surface area contributed by atoms with E-state index in [1.807, 2.05) is 22.9 Å². The number of fused-ring (bicyclic) bond motifs is 2. The Labute approximate surface area is 199 Å². The third-order valence-electron chi connectivity index (χ3n) is 5.72. The first kappa shape index (κ1) is 23.5. The lowest BCUT2D eigenvalue weighted by Gasteiger charge is -2.14. The van der Waals surface area contributed by atoms with Crippen LogP contribution in [0.2, 0.25) is 0 Å². The number of carbonyl (C=O) groups is 3. The molecular formula is C24H24N6O5. The standard InChI is InChI=1S/C24H24N6O5/c1-26-20(31)7-5-18(23(34)35)27-21(32)15-3-6-19-14(11-15)8-9-30(19)12-13-2-4-17-16(10-13)22(33)29-24(25)28-17/h2-4,6,8-11,18H,5,7,12H2,1H3,(H,26,31)(H,27,32)(H,34,35)(H3,25,28,29,33)/t18-/m0/s1.